The Morgan fingerprint density at radius 3 is 2.51 bits per heavy atom. The predicted molar refractivity (Wildman–Crippen MR) is 134 cm³/mol. The number of hydrogen-bond donors (Lipinski definition) is 1. The summed E-state index contributed by atoms with van der Waals surface area (Å²) in [7, 11) is 1.58. The highest BCUT2D eigenvalue weighted by Crippen LogP contribution is 2.34. The SMILES string of the molecule is COc1ccccc1C1=C(C(=O)NCc2ccc(C(F)(F)F)cc2)CN(Cc2cccc(C#N)c2)CC1. The molecule has 0 atom stereocenters. The van der Waals surface area contributed by atoms with E-state index in [1.54, 1.807) is 13.2 Å². The zero-order valence-corrected chi connectivity index (χ0v) is 20.3. The molecule has 190 valence electrons. The summed E-state index contributed by atoms with van der Waals surface area (Å²) in [4.78, 5) is 15.6. The summed E-state index contributed by atoms with van der Waals surface area (Å²) in [6, 6.07) is 21.8. The average Bonchev–Trinajstić information content (AvgIpc) is 2.91. The van der Waals surface area contributed by atoms with Gasteiger partial charge in [-0.25, -0.2) is 0 Å². The maximum absolute atomic E-state index is 13.4. The van der Waals surface area contributed by atoms with Crippen molar-refractivity contribution >= 4 is 11.5 Å². The molecule has 0 saturated carbocycles. The van der Waals surface area contributed by atoms with Crippen LogP contribution < -0.4 is 10.1 Å². The van der Waals surface area contributed by atoms with Crippen molar-refractivity contribution in [1.82, 2.24) is 10.2 Å². The molecule has 5 nitrogen and oxygen atoms in total. The van der Waals surface area contributed by atoms with E-state index in [-0.39, 0.29) is 12.5 Å². The normalized spacial score (nSPS) is 14.2. The Kier molecular flexibility index (Phi) is 7.95. The molecule has 0 bridgehead atoms. The second kappa shape index (κ2) is 11.3. The van der Waals surface area contributed by atoms with E-state index in [4.69, 9.17) is 4.74 Å². The summed E-state index contributed by atoms with van der Waals surface area (Å²) >= 11 is 0. The summed E-state index contributed by atoms with van der Waals surface area (Å²) in [5.41, 5.74) is 3.70. The van der Waals surface area contributed by atoms with Gasteiger partial charge < -0.3 is 10.1 Å². The molecule has 0 radical (unpaired) electrons. The van der Waals surface area contributed by atoms with Gasteiger partial charge in [0, 0.05) is 37.3 Å². The fraction of sp³-hybridized carbons (Fsp3) is 0.241. The van der Waals surface area contributed by atoms with Crippen molar-refractivity contribution in [1.29, 1.82) is 5.26 Å². The second-order valence-electron chi connectivity index (χ2n) is 8.81. The Balaban J connectivity index is 1.57. The van der Waals surface area contributed by atoms with Gasteiger partial charge in [0.05, 0.1) is 24.3 Å². The van der Waals surface area contributed by atoms with Gasteiger partial charge in [-0.1, -0.05) is 42.5 Å². The first-order chi connectivity index (χ1) is 17.8. The fourth-order valence-electron chi connectivity index (χ4n) is 4.45. The lowest BCUT2D eigenvalue weighted by Gasteiger charge is -2.31. The number of hydrogen-bond acceptors (Lipinski definition) is 4. The monoisotopic (exact) mass is 505 g/mol. The Labute approximate surface area is 213 Å². The summed E-state index contributed by atoms with van der Waals surface area (Å²) < 4.78 is 44.2. The van der Waals surface area contributed by atoms with Crippen LogP contribution in [0.1, 0.15) is 34.2 Å². The number of rotatable bonds is 7. The number of nitrogens with zero attached hydrogens (tertiary/aromatic N) is 2. The number of methoxy groups -OCH3 is 1. The molecule has 1 amide bonds. The van der Waals surface area contributed by atoms with E-state index in [1.165, 1.54) is 12.1 Å². The number of benzene rings is 3. The first-order valence-electron chi connectivity index (χ1n) is 11.8. The summed E-state index contributed by atoms with van der Waals surface area (Å²) in [6.07, 6.45) is -3.80. The number of nitrogens with one attached hydrogen (secondary N) is 1. The van der Waals surface area contributed by atoms with Crippen LogP contribution in [-0.4, -0.2) is 31.0 Å². The summed E-state index contributed by atoms with van der Waals surface area (Å²) in [6.45, 7) is 1.76. The Bertz CT molecular complexity index is 1340. The van der Waals surface area contributed by atoms with Gasteiger partial charge in [-0.05, 0) is 53.5 Å². The molecule has 8 heteroatoms. The Hall–Kier alpha value is -4.09. The third-order valence-electron chi connectivity index (χ3n) is 6.33. The molecule has 1 aliphatic heterocycles. The number of ether oxygens (including phenoxy) is 1. The summed E-state index contributed by atoms with van der Waals surface area (Å²) in [5.74, 6) is 0.386. The quantitative estimate of drug-likeness (QED) is 0.457. The molecule has 4 rings (SSSR count). The van der Waals surface area contributed by atoms with Gasteiger partial charge in [-0.3, -0.25) is 9.69 Å². The molecular formula is C29H26F3N3O2. The zero-order valence-electron chi connectivity index (χ0n) is 20.3. The van der Waals surface area contributed by atoms with Gasteiger partial charge in [0.25, 0.3) is 0 Å². The van der Waals surface area contributed by atoms with Crippen molar-refractivity contribution < 1.29 is 22.7 Å². The smallest absolute Gasteiger partial charge is 0.416 e. The van der Waals surface area contributed by atoms with Crippen LogP contribution in [0.15, 0.2) is 78.4 Å². The van der Waals surface area contributed by atoms with Crippen molar-refractivity contribution in [2.75, 3.05) is 20.2 Å². The first kappa shape index (κ1) is 26.0. The Morgan fingerprint density at radius 2 is 1.81 bits per heavy atom. The van der Waals surface area contributed by atoms with E-state index in [9.17, 15) is 23.2 Å². The first-order valence-corrected chi connectivity index (χ1v) is 11.8. The molecule has 3 aromatic carbocycles. The van der Waals surface area contributed by atoms with E-state index in [0.717, 1.165) is 28.8 Å². The van der Waals surface area contributed by atoms with Crippen LogP contribution in [-0.2, 0) is 24.1 Å². The maximum atomic E-state index is 13.4. The number of para-hydroxylation sites is 1. The third-order valence-corrected chi connectivity index (χ3v) is 6.33. The molecule has 3 aromatic rings. The fourth-order valence-corrected chi connectivity index (χ4v) is 4.45. The molecule has 37 heavy (non-hydrogen) atoms. The third kappa shape index (κ3) is 6.38. The van der Waals surface area contributed by atoms with Crippen molar-refractivity contribution in [2.24, 2.45) is 0 Å². The maximum Gasteiger partial charge on any atom is 0.416 e. The topological polar surface area (TPSA) is 65.4 Å². The van der Waals surface area contributed by atoms with E-state index in [1.807, 2.05) is 42.5 Å². The van der Waals surface area contributed by atoms with Crippen molar-refractivity contribution in [3.8, 4) is 11.8 Å². The van der Waals surface area contributed by atoms with Crippen molar-refractivity contribution in [3.05, 3.63) is 106 Å². The molecular weight excluding hydrogens is 479 g/mol. The lowest BCUT2D eigenvalue weighted by Crippen LogP contribution is -2.37. The van der Waals surface area contributed by atoms with Gasteiger partial charge in [-0.15, -0.1) is 0 Å². The summed E-state index contributed by atoms with van der Waals surface area (Å²) in [5, 5.41) is 12.1. The predicted octanol–water partition coefficient (Wildman–Crippen LogP) is 5.56. The lowest BCUT2D eigenvalue weighted by molar-refractivity contribution is -0.137. The van der Waals surface area contributed by atoms with Gasteiger partial charge in [0.15, 0.2) is 0 Å². The number of alkyl halides is 3. The number of nitriles is 1. The highest BCUT2D eigenvalue weighted by molar-refractivity contribution is 6.02. The van der Waals surface area contributed by atoms with E-state index < -0.39 is 11.7 Å². The van der Waals surface area contributed by atoms with Crippen LogP contribution in [0.25, 0.3) is 5.57 Å². The number of carbonyl (C=O) groups is 1. The molecule has 0 unspecified atom stereocenters. The minimum Gasteiger partial charge on any atom is -0.496 e. The van der Waals surface area contributed by atoms with Crippen molar-refractivity contribution in [3.63, 3.8) is 0 Å². The minimum absolute atomic E-state index is 0.101. The van der Waals surface area contributed by atoms with Crippen LogP contribution in [0.2, 0.25) is 0 Å². The molecule has 0 aromatic heterocycles. The standard InChI is InChI=1S/C29H26F3N3O2/c1-37-27-8-3-2-7-25(27)24-13-14-35(18-22-6-4-5-21(15-22)16-33)19-26(24)28(36)34-17-20-9-11-23(12-10-20)29(30,31)32/h2-12,15H,13-14,17-19H2,1H3,(H,34,36). The molecule has 0 fully saturated rings. The molecule has 0 aliphatic carbocycles. The van der Waals surface area contributed by atoms with Crippen LogP contribution in [0.3, 0.4) is 0 Å². The van der Waals surface area contributed by atoms with Gasteiger partial charge in [0.1, 0.15) is 5.75 Å². The highest BCUT2D eigenvalue weighted by Gasteiger charge is 2.30. The lowest BCUT2D eigenvalue weighted by atomic mass is 9.91. The van der Waals surface area contributed by atoms with Crippen LogP contribution >= 0.6 is 0 Å². The van der Waals surface area contributed by atoms with Crippen molar-refractivity contribution in [2.45, 2.75) is 25.7 Å². The van der Waals surface area contributed by atoms with Gasteiger partial charge in [0.2, 0.25) is 5.91 Å². The number of halogens is 3. The molecule has 1 heterocycles. The van der Waals surface area contributed by atoms with E-state index in [2.05, 4.69) is 16.3 Å². The number of amides is 1. The van der Waals surface area contributed by atoms with Crippen LogP contribution in [0.5, 0.6) is 5.75 Å². The molecule has 1 aliphatic rings. The Morgan fingerprint density at radius 1 is 1.05 bits per heavy atom. The van der Waals surface area contributed by atoms with Crippen LogP contribution in [0, 0.1) is 11.3 Å². The van der Waals surface area contributed by atoms with E-state index >= 15 is 0 Å². The average molecular weight is 506 g/mol. The second-order valence-corrected chi connectivity index (χ2v) is 8.81. The highest BCUT2D eigenvalue weighted by atomic mass is 19.4. The largest absolute Gasteiger partial charge is 0.496 e. The molecule has 0 spiro atoms. The molecule has 0 saturated heterocycles. The van der Waals surface area contributed by atoms with Gasteiger partial charge >= 0.3 is 6.18 Å². The minimum atomic E-state index is -4.41. The molecule has 1 N–H and O–H groups in total. The number of carbonyl (C=O) groups excluding carboxylic acids is 1. The van der Waals surface area contributed by atoms with E-state index in [0.29, 0.717) is 48.5 Å². The van der Waals surface area contributed by atoms with Crippen LogP contribution in [0.4, 0.5) is 13.2 Å². The zero-order chi connectivity index (χ0) is 26.4. The van der Waals surface area contributed by atoms with Gasteiger partial charge in [-0.2, -0.15) is 18.4 Å².